The normalized spacial score (nSPS) is 22.5. The molecule has 0 fully saturated rings. The molecule has 0 saturated carbocycles. The molecule has 3 aromatic heterocycles. The topological polar surface area (TPSA) is 194 Å². The van der Waals surface area contributed by atoms with Crippen LogP contribution in [0.4, 0.5) is 5.69 Å². The Morgan fingerprint density at radius 3 is 2.60 bits per heavy atom. The standard InChI is InChI=1S/C42H41N6O8P/c1-6-41(51,7-2)39(50)44-27-17-21-14-15-29-26(16-21)42-25-12-8-11-23(33(25)47-40(42)55-29)22-10-9-13-28-31(22)24(19-48(28)57(5,52)53)30-18-43-37(54-30)34-35(42)56-38(46-34)32(20(3)4)45-36(27)49/h8-16,18-20,27,32,40,47,51H,6-7,17H2,1-5H3,(H,44,50)(H,45,49)(H,52,53). The van der Waals surface area contributed by atoms with E-state index in [-0.39, 0.29) is 37.0 Å². The molecule has 0 aliphatic carbocycles. The summed E-state index contributed by atoms with van der Waals surface area (Å²) in [5, 5.41) is 21.5. The van der Waals surface area contributed by atoms with Crippen LogP contribution in [0.2, 0.25) is 0 Å². The van der Waals surface area contributed by atoms with Gasteiger partial charge in [-0.25, -0.2) is 9.97 Å². The predicted octanol–water partition coefficient (Wildman–Crippen LogP) is 6.48. The fourth-order valence-corrected chi connectivity index (χ4v) is 10.0. The fraction of sp³-hybridized carbons (Fsp3) is 0.333. The number of anilines is 1. The molecule has 7 heterocycles. The maximum absolute atomic E-state index is 14.3. The number of aromatic nitrogens is 3. The van der Waals surface area contributed by atoms with E-state index in [1.807, 2.05) is 68.4 Å². The van der Waals surface area contributed by atoms with Gasteiger partial charge in [-0.3, -0.25) is 18.5 Å². The molecule has 5 unspecified atom stereocenters. The highest BCUT2D eigenvalue weighted by Gasteiger charge is 2.61. The molecule has 0 radical (unpaired) electrons. The molecule has 2 amide bonds. The zero-order valence-corrected chi connectivity index (χ0v) is 32.8. The maximum atomic E-state index is 14.3. The van der Waals surface area contributed by atoms with Crippen LogP contribution in [0.3, 0.4) is 0 Å². The van der Waals surface area contributed by atoms with E-state index in [0.29, 0.717) is 39.4 Å². The first-order chi connectivity index (χ1) is 27.3. The SMILES string of the molecule is CCC(O)(CC)C(=O)NC1Cc2ccc3c(c2)C24c5cccc(c5NC2O3)-c2cccc3c2c(cn3P(C)(=O)O)-c2cnc(o2)-c2nc(oc24)C(C(C)C)NC1=O. The summed E-state index contributed by atoms with van der Waals surface area (Å²) in [6.07, 6.45) is 2.96. The quantitative estimate of drug-likeness (QED) is 0.116. The number of ether oxygens (including phenoxy) is 1. The van der Waals surface area contributed by atoms with E-state index in [2.05, 4.69) is 16.0 Å². The second-order valence-electron chi connectivity index (χ2n) is 15.9. The number of carbonyl (C=O) groups is 2. The average molecular weight is 789 g/mol. The van der Waals surface area contributed by atoms with Crippen molar-refractivity contribution >= 4 is 35.9 Å². The summed E-state index contributed by atoms with van der Waals surface area (Å²) in [4.78, 5) is 48.7. The summed E-state index contributed by atoms with van der Waals surface area (Å²) in [6, 6.07) is 15.6. The van der Waals surface area contributed by atoms with E-state index < -0.39 is 48.7 Å². The Hall–Kier alpha value is -5.69. The van der Waals surface area contributed by atoms with Gasteiger partial charge in [0, 0.05) is 52.6 Å². The van der Waals surface area contributed by atoms with Crippen molar-refractivity contribution in [1.82, 2.24) is 24.9 Å². The average Bonchev–Trinajstić information content (AvgIpc) is 4.01. The first kappa shape index (κ1) is 35.7. The first-order valence-electron chi connectivity index (χ1n) is 19.2. The van der Waals surface area contributed by atoms with Crippen LogP contribution < -0.4 is 20.7 Å². The molecule has 14 nitrogen and oxygen atoms in total. The van der Waals surface area contributed by atoms with Crippen LogP contribution in [0.25, 0.3) is 44.9 Å². The highest BCUT2D eigenvalue weighted by molar-refractivity contribution is 7.55. The van der Waals surface area contributed by atoms with Gasteiger partial charge in [-0.1, -0.05) is 70.2 Å². The number of rotatable bonds is 6. The third kappa shape index (κ3) is 4.93. The van der Waals surface area contributed by atoms with Gasteiger partial charge in [0.15, 0.2) is 23.4 Å². The van der Waals surface area contributed by atoms with Crippen LogP contribution in [0, 0.1) is 5.92 Å². The number of aliphatic hydroxyl groups is 1. The van der Waals surface area contributed by atoms with E-state index in [4.69, 9.17) is 23.5 Å². The van der Waals surface area contributed by atoms with Crippen molar-refractivity contribution in [2.45, 2.75) is 76.3 Å². The van der Waals surface area contributed by atoms with Crippen LogP contribution in [0.1, 0.15) is 74.9 Å². The molecule has 0 saturated heterocycles. The molecule has 10 rings (SSSR count). The number of hydrogen-bond acceptors (Lipinski definition) is 10. The van der Waals surface area contributed by atoms with Gasteiger partial charge in [-0.05, 0) is 42.0 Å². The molecule has 4 aliphatic rings. The second-order valence-corrected chi connectivity index (χ2v) is 18.0. The van der Waals surface area contributed by atoms with Crippen molar-refractivity contribution in [2.24, 2.45) is 5.92 Å². The van der Waals surface area contributed by atoms with Crippen molar-refractivity contribution < 1.29 is 37.7 Å². The van der Waals surface area contributed by atoms with Gasteiger partial charge in [0.05, 0.1) is 11.7 Å². The number of oxazole rings is 2. The third-order valence-electron chi connectivity index (χ3n) is 12.2. The van der Waals surface area contributed by atoms with E-state index in [0.717, 1.165) is 33.5 Å². The van der Waals surface area contributed by atoms with Gasteiger partial charge in [0.1, 0.15) is 28.8 Å². The van der Waals surface area contributed by atoms with Gasteiger partial charge in [0.25, 0.3) is 13.4 Å². The highest BCUT2D eigenvalue weighted by atomic mass is 31.2. The zero-order chi connectivity index (χ0) is 39.8. The number of para-hydroxylation sites is 1. The maximum Gasteiger partial charge on any atom is 0.294 e. The molecule has 1 spiro atoms. The summed E-state index contributed by atoms with van der Waals surface area (Å²) in [5.74, 6) is 0.383. The van der Waals surface area contributed by atoms with Gasteiger partial charge in [0.2, 0.25) is 17.7 Å². The Bertz CT molecular complexity index is 2740. The largest absolute Gasteiger partial charge is 0.469 e. The minimum absolute atomic E-state index is 0.122. The number of amides is 2. The van der Waals surface area contributed by atoms with Crippen LogP contribution in [-0.2, 0) is 26.0 Å². The monoisotopic (exact) mass is 788 g/mol. The van der Waals surface area contributed by atoms with Crippen molar-refractivity contribution in [3.05, 3.63) is 95.3 Å². The summed E-state index contributed by atoms with van der Waals surface area (Å²) in [7, 11) is -3.82. The molecule has 10 bridgehead atoms. The number of carbonyl (C=O) groups excluding carboxylic acids is 2. The molecule has 4 aliphatic heterocycles. The van der Waals surface area contributed by atoms with E-state index in [9.17, 15) is 24.2 Å². The van der Waals surface area contributed by atoms with E-state index >= 15 is 0 Å². The summed E-state index contributed by atoms with van der Waals surface area (Å²) >= 11 is 0. The third-order valence-corrected chi connectivity index (χ3v) is 13.4. The minimum atomic E-state index is -3.82. The van der Waals surface area contributed by atoms with Gasteiger partial charge in [-0.2, -0.15) is 0 Å². The highest BCUT2D eigenvalue weighted by Crippen LogP contribution is 2.62. The van der Waals surface area contributed by atoms with Crippen molar-refractivity contribution in [3.8, 4) is 39.8 Å². The van der Waals surface area contributed by atoms with Crippen molar-refractivity contribution in [3.63, 3.8) is 0 Å². The number of fused-ring (bicyclic) bond motifs is 7. The van der Waals surface area contributed by atoms with Crippen LogP contribution in [0.5, 0.6) is 5.75 Å². The summed E-state index contributed by atoms with van der Waals surface area (Å²) in [5.41, 5.74) is 3.36. The first-order valence-corrected chi connectivity index (χ1v) is 21.3. The summed E-state index contributed by atoms with van der Waals surface area (Å²) < 4.78 is 35.1. The van der Waals surface area contributed by atoms with E-state index in [1.54, 1.807) is 26.2 Å². The number of nitrogens with zero attached hydrogens (tertiary/aromatic N) is 3. The molecule has 57 heavy (non-hydrogen) atoms. The molecule has 3 aromatic carbocycles. The van der Waals surface area contributed by atoms with Gasteiger partial charge < -0.3 is 39.5 Å². The van der Waals surface area contributed by atoms with E-state index in [1.165, 1.54) is 11.0 Å². The number of hydrogen-bond donors (Lipinski definition) is 5. The van der Waals surface area contributed by atoms with Crippen LogP contribution >= 0.6 is 7.52 Å². The molecule has 15 heteroatoms. The van der Waals surface area contributed by atoms with Crippen LogP contribution in [0.15, 0.2) is 75.8 Å². The Labute approximate surface area is 327 Å². The Morgan fingerprint density at radius 2 is 1.84 bits per heavy atom. The zero-order valence-electron chi connectivity index (χ0n) is 31.9. The molecule has 6 aromatic rings. The Balaban J connectivity index is 1.28. The Kier molecular flexibility index (Phi) is 7.62. The molecular weight excluding hydrogens is 747 g/mol. The van der Waals surface area contributed by atoms with Crippen molar-refractivity contribution in [2.75, 3.05) is 12.0 Å². The van der Waals surface area contributed by atoms with Crippen LogP contribution in [-0.4, -0.2) is 60.7 Å². The lowest BCUT2D eigenvalue weighted by atomic mass is 9.72. The summed E-state index contributed by atoms with van der Waals surface area (Å²) in [6.45, 7) is 8.64. The number of benzene rings is 3. The second kappa shape index (κ2) is 12.2. The predicted molar refractivity (Wildman–Crippen MR) is 211 cm³/mol. The molecule has 292 valence electrons. The lowest BCUT2D eigenvalue weighted by molar-refractivity contribution is -0.143. The Morgan fingerprint density at radius 1 is 1.07 bits per heavy atom. The van der Waals surface area contributed by atoms with Gasteiger partial charge >= 0.3 is 0 Å². The van der Waals surface area contributed by atoms with Crippen molar-refractivity contribution in [1.29, 1.82) is 0 Å². The smallest absolute Gasteiger partial charge is 0.294 e. The molecule has 5 N–H and O–H groups in total. The van der Waals surface area contributed by atoms with Gasteiger partial charge in [-0.15, -0.1) is 0 Å². The number of nitrogens with one attached hydrogen (secondary N) is 3. The fourth-order valence-electron chi connectivity index (χ4n) is 9.11. The lowest BCUT2D eigenvalue weighted by Crippen LogP contribution is -2.55. The molecular formula is C42H41N6O8P. The minimum Gasteiger partial charge on any atom is -0.469 e. The lowest BCUT2D eigenvalue weighted by Gasteiger charge is -2.30. The molecule has 5 atom stereocenters.